The van der Waals surface area contributed by atoms with Crippen molar-refractivity contribution in [3.05, 3.63) is 72.4 Å². The third kappa shape index (κ3) is 4.81. The lowest BCUT2D eigenvalue weighted by Gasteiger charge is -2.11. The molecule has 1 saturated carbocycles. The van der Waals surface area contributed by atoms with Gasteiger partial charge in [-0.05, 0) is 12.8 Å². The van der Waals surface area contributed by atoms with Gasteiger partial charge < -0.3 is 5.32 Å². The average molecular weight is 401 g/mol. The molecule has 0 bridgehead atoms. The molecule has 1 aliphatic rings. The van der Waals surface area contributed by atoms with Gasteiger partial charge in [0.15, 0.2) is 0 Å². The zero-order chi connectivity index (χ0) is 21.0. The van der Waals surface area contributed by atoms with Crippen LogP contribution in [0.3, 0.4) is 0 Å². The Morgan fingerprint density at radius 1 is 1.10 bits per heavy atom. The number of carbonyl (C=O) groups is 1. The normalized spacial score (nSPS) is 13.9. The highest BCUT2D eigenvalue weighted by Gasteiger charge is 2.20. The van der Waals surface area contributed by atoms with Gasteiger partial charge in [0.2, 0.25) is 0 Å². The summed E-state index contributed by atoms with van der Waals surface area (Å²) in [5.41, 5.74) is -0.730. The summed E-state index contributed by atoms with van der Waals surface area (Å²) in [7, 11) is 0. The number of hydrogen-bond acceptors (Lipinski definition) is 7. The lowest BCUT2D eigenvalue weighted by atomic mass is 10.0. The van der Waals surface area contributed by atoms with Crippen LogP contribution in [0.4, 0.5) is 11.4 Å². The van der Waals surface area contributed by atoms with Crippen LogP contribution < -0.4 is 10.9 Å². The van der Waals surface area contributed by atoms with Gasteiger partial charge >= 0.3 is 0 Å². The summed E-state index contributed by atoms with van der Waals surface area (Å²) in [5.74, 6) is -0.387. The molecule has 0 aliphatic heterocycles. The SMILES string of the molecule is O=C(NCCn1cnc(C2CCCC2)cc1=O)c1cc([N+](=O)[O-])cc([N+](=O)[O-])c1. The molecular formula is C18H19N5O6. The van der Waals surface area contributed by atoms with Crippen molar-refractivity contribution in [3.63, 3.8) is 0 Å². The average Bonchev–Trinajstić information content (AvgIpc) is 3.23. The second-order valence-electron chi connectivity index (χ2n) is 6.83. The fourth-order valence-electron chi connectivity index (χ4n) is 3.38. The first-order chi connectivity index (χ1) is 13.8. The summed E-state index contributed by atoms with van der Waals surface area (Å²) >= 11 is 0. The molecule has 0 radical (unpaired) electrons. The highest BCUT2D eigenvalue weighted by Crippen LogP contribution is 2.32. The Kier molecular flexibility index (Phi) is 5.96. The lowest BCUT2D eigenvalue weighted by Crippen LogP contribution is -2.31. The zero-order valence-electron chi connectivity index (χ0n) is 15.4. The molecule has 1 fully saturated rings. The van der Waals surface area contributed by atoms with Crippen molar-refractivity contribution < 1.29 is 14.6 Å². The maximum Gasteiger partial charge on any atom is 0.277 e. The summed E-state index contributed by atoms with van der Waals surface area (Å²) in [5, 5.41) is 24.3. The molecule has 152 valence electrons. The van der Waals surface area contributed by atoms with Crippen LogP contribution in [-0.2, 0) is 6.54 Å². The molecule has 1 aromatic carbocycles. The molecule has 1 N–H and O–H groups in total. The topological polar surface area (TPSA) is 150 Å². The molecule has 1 aliphatic carbocycles. The van der Waals surface area contributed by atoms with E-state index in [0.717, 1.165) is 49.6 Å². The molecule has 0 spiro atoms. The van der Waals surface area contributed by atoms with Gasteiger partial charge in [-0.3, -0.25) is 34.4 Å². The van der Waals surface area contributed by atoms with E-state index in [1.807, 2.05) is 0 Å². The van der Waals surface area contributed by atoms with Crippen molar-refractivity contribution in [3.8, 4) is 0 Å². The Morgan fingerprint density at radius 2 is 1.72 bits per heavy atom. The van der Waals surface area contributed by atoms with Gasteiger partial charge in [0.25, 0.3) is 22.8 Å². The van der Waals surface area contributed by atoms with Crippen LogP contribution in [0, 0.1) is 20.2 Å². The molecule has 11 nitrogen and oxygen atoms in total. The number of aromatic nitrogens is 2. The molecule has 0 saturated heterocycles. The summed E-state index contributed by atoms with van der Waals surface area (Å²) in [6.07, 6.45) is 5.78. The van der Waals surface area contributed by atoms with Crippen molar-refractivity contribution in [1.82, 2.24) is 14.9 Å². The zero-order valence-corrected chi connectivity index (χ0v) is 15.4. The number of nitrogens with one attached hydrogen (secondary N) is 1. The first-order valence-corrected chi connectivity index (χ1v) is 9.13. The Morgan fingerprint density at radius 3 is 2.28 bits per heavy atom. The molecular weight excluding hydrogens is 382 g/mol. The van der Waals surface area contributed by atoms with E-state index in [4.69, 9.17) is 0 Å². The first kappa shape index (κ1) is 20.1. The van der Waals surface area contributed by atoms with Gasteiger partial charge in [-0.2, -0.15) is 0 Å². The highest BCUT2D eigenvalue weighted by molar-refractivity contribution is 5.95. The fraction of sp³-hybridized carbons (Fsp3) is 0.389. The Bertz CT molecular complexity index is 980. The van der Waals surface area contributed by atoms with Gasteiger partial charge in [-0.1, -0.05) is 12.8 Å². The van der Waals surface area contributed by atoms with Crippen molar-refractivity contribution >= 4 is 17.3 Å². The van der Waals surface area contributed by atoms with Crippen LogP contribution in [-0.4, -0.2) is 31.8 Å². The van der Waals surface area contributed by atoms with E-state index in [-0.39, 0.29) is 24.2 Å². The van der Waals surface area contributed by atoms with E-state index < -0.39 is 27.1 Å². The first-order valence-electron chi connectivity index (χ1n) is 9.13. The number of nitrogens with zero attached hydrogens (tertiary/aromatic N) is 4. The molecule has 1 aromatic heterocycles. The largest absolute Gasteiger partial charge is 0.350 e. The minimum Gasteiger partial charge on any atom is -0.350 e. The van der Waals surface area contributed by atoms with Gasteiger partial charge in [-0.15, -0.1) is 0 Å². The lowest BCUT2D eigenvalue weighted by molar-refractivity contribution is -0.394. The smallest absolute Gasteiger partial charge is 0.277 e. The summed E-state index contributed by atoms with van der Waals surface area (Å²) in [6, 6.07) is 4.23. The van der Waals surface area contributed by atoms with Crippen LogP contribution in [0.5, 0.6) is 0 Å². The Balaban J connectivity index is 1.64. The van der Waals surface area contributed by atoms with E-state index in [2.05, 4.69) is 10.3 Å². The van der Waals surface area contributed by atoms with E-state index >= 15 is 0 Å². The maximum atomic E-state index is 12.2. The standard InChI is InChI=1S/C18H19N5O6/c24-17-10-16(12-3-1-2-4-12)20-11-21(17)6-5-19-18(25)13-7-14(22(26)27)9-15(8-13)23(28)29/h7-12H,1-6H2,(H,19,25). The van der Waals surface area contributed by atoms with Crippen LogP contribution in [0.25, 0.3) is 0 Å². The van der Waals surface area contributed by atoms with Gasteiger partial charge in [0, 0.05) is 37.2 Å². The van der Waals surface area contributed by atoms with Crippen LogP contribution in [0.2, 0.25) is 0 Å². The summed E-state index contributed by atoms with van der Waals surface area (Å²) in [6.45, 7) is 0.208. The molecule has 0 unspecified atom stereocenters. The molecule has 0 atom stereocenters. The van der Waals surface area contributed by atoms with E-state index in [1.54, 1.807) is 0 Å². The number of nitro benzene ring substituents is 2. The Labute approximate surface area is 164 Å². The van der Waals surface area contributed by atoms with E-state index in [0.29, 0.717) is 5.92 Å². The maximum absolute atomic E-state index is 12.2. The molecule has 3 rings (SSSR count). The van der Waals surface area contributed by atoms with Crippen molar-refractivity contribution in [2.24, 2.45) is 0 Å². The molecule has 29 heavy (non-hydrogen) atoms. The number of hydrogen-bond donors (Lipinski definition) is 1. The van der Waals surface area contributed by atoms with E-state index in [1.165, 1.54) is 17.0 Å². The number of rotatable bonds is 7. The van der Waals surface area contributed by atoms with Crippen molar-refractivity contribution in [2.75, 3.05) is 6.54 Å². The van der Waals surface area contributed by atoms with Gasteiger partial charge in [-0.25, -0.2) is 4.98 Å². The molecule has 1 heterocycles. The quantitative estimate of drug-likeness (QED) is 0.551. The minimum atomic E-state index is -0.805. The summed E-state index contributed by atoms with van der Waals surface area (Å²) in [4.78, 5) is 49.0. The molecule has 1 amide bonds. The van der Waals surface area contributed by atoms with E-state index in [9.17, 15) is 29.8 Å². The number of benzene rings is 1. The number of non-ortho nitro benzene ring substituents is 2. The Hall–Kier alpha value is -3.63. The predicted molar refractivity (Wildman–Crippen MR) is 102 cm³/mol. The van der Waals surface area contributed by atoms with Crippen molar-refractivity contribution in [1.29, 1.82) is 0 Å². The molecule has 2 aromatic rings. The third-order valence-electron chi connectivity index (χ3n) is 4.90. The predicted octanol–water partition coefficient (Wildman–Crippen LogP) is 2.15. The second-order valence-corrected chi connectivity index (χ2v) is 6.83. The third-order valence-corrected chi connectivity index (χ3v) is 4.90. The minimum absolute atomic E-state index is 0.0552. The number of nitro groups is 2. The second kappa shape index (κ2) is 8.59. The van der Waals surface area contributed by atoms with Crippen LogP contribution in [0.1, 0.15) is 47.7 Å². The molecule has 11 heteroatoms. The van der Waals surface area contributed by atoms with Gasteiger partial charge in [0.05, 0.1) is 33.5 Å². The van der Waals surface area contributed by atoms with Crippen LogP contribution in [0.15, 0.2) is 35.4 Å². The highest BCUT2D eigenvalue weighted by atomic mass is 16.6. The number of carbonyl (C=O) groups excluding carboxylic acids is 1. The van der Waals surface area contributed by atoms with Crippen molar-refractivity contribution in [2.45, 2.75) is 38.1 Å². The number of amides is 1. The monoisotopic (exact) mass is 401 g/mol. The van der Waals surface area contributed by atoms with Gasteiger partial charge in [0.1, 0.15) is 0 Å². The summed E-state index contributed by atoms with van der Waals surface area (Å²) < 4.78 is 1.36. The fourth-order valence-corrected chi connectivity index (χ4v) is 3.38. The van der Waals surface area contributed by atoms with Crippen LogP contribution >= 0.6 is 0 Å².